The van der Waals surface area contributed by atoms with Crippen LogP contribution in [0, 0.1) is 0 Å². The summed E-state index contributed by atoms with van der Waals surface area (Å²) in [6.45, 7) is 0.570. The number of methoxy groups -OCH3 is 1. The van der Waals surface area contributed by atoms with Gasteiger partial charge in [-0.3, -0.25) is 9.78 Å². The Morgan fingerprint density at radius 2 is 1.88 bits per heavy atom. The molecule has 1 aliphatic rings. The van der Waals surface area contributed by atoms with Crippen molar-refractivity contribution in [3.8, 4) is 22.8 Å². The van der Waals surface area contributed by atoms with E-state index in [4.69, 9.17) is 20.3 Å². The number of carboxylic acids is 1. The highest BCUT2D eigenvalue weighted by Crippen LogP contribution is 2.32. The lowest BCUT2D eigenvalue weighted by Crippen LogP contribution is -2.20. The Labute approximate surface area is 192 Å². The van der Waals surface area contributed by atoms with Gasteiger partial charge in [0.2, 0.25) is 0 Å². The van der Waals surface area contributed by atoms with E-state index in [9.17, 15) is 4.79 Å². The Morgan fingerprint density at radius 3 is 2.52 bits per heavy atom. The van der Waals surface area contributed by atoms with E-state index < -0.39 is 12.0 Å². The molecule has 0 unspecified atom stereocenters. The van der Waals surface area contributed by atoms with E-state index in [-0.39, 0.29) is 6.10 Å². The molecule has 1 fully saturated rings. The van der Waals surface area contributed by atoms with Crippen LogP contribution in [-0.4, -0.2) is 34.3 Å². The average molecular weight is 449 g/mol. The number of carboxylic acid groups (broad SMARTS) is 1. The number of ether oxygens (including phenoxy) is 2. The second-order valence-corrected chi connectivity index (χ2v) is 8.09. The minimum absolute atomic E-state index is 0.259. The van der Waals surface area contributed by atoms with E-state index in [0.29, 0.717) is 23.6 Å². The molecule has 4 rings (SSSR count). The molecule has 8 heteroatoms. The summed E-state index contributed by atoms with van der Waals surface area (Å²) < 4.78 is 11.6. The fourth-order valence-electron chi connectivity index (χ4n) is 3.87. The number of aliphatic carboxylic acids is 1. The molecule has 0 radical (unpaired) electrons. The molecule has 4 N–H and O–H groups in total. The number of benzene rings is 2. The second-order valence-electron chi connectivity index (χ2n) is 8.09. The van der Waals surface area contributed by atoms with Crippen LogP contribution < -0.4 is 20.5 Å². The van der Waals surface area contributed by atoms with E-state index in [2.05, 4.69) is 15.3 Å². The number of nitrogens with zero attached hydrogens (tertiary/aromatic N) is 2. The molecule has 172 valence electrons. The number of nitrogens with one attached hydrogen (secondary N) is 1. The van der Waals surface area contributed by atoms with Gasteiger partial charge in [-0.2, -0.15) is 0 Å². The molecule has 2 aromatic carbocycles. The van der Waals surface area contributed by atoms with Gasteiger partial charge >= 0.3 is 5.97 Å². The third-order valence-electron chi connectivity index (χ3n) is 5.78. The molecule has 8 nitrogen and oxygen atoms in total. The van der Waals surface area contributed by atoms with Crippen LogP contribution in [0.3, 0.4) is 0 Å². The monoisotopic (exact) mass is 448 g/mol. The first-order valence-electron chi connectivity index (χ1n) is 11.0. The summed E-state index contributed by atoms with van der Waals surface area (Å²) in [7, 11) is 1.65. The summed E-state index contributed by atoms with van der Waals surface area (Å²) in [6.07, 6.45) is 8.20. The average Bonchev–Trinajstić information content (AvgIpc) is 3.36. The van der Waals surface area contributed by atoms with Crippen molar-refractivity contribution < 1.29 is 19.4 Å². The molecule has 1 aliphatic carbocycles. The van der Waals surface area contributed by atoms with Gasteiger partial charge in [-0.1, -0.05) is 30.3 Å². The molecule has 3 aromatic rings. The van der Waals surface area contributed by atoms with Gasteiger partial charge in [-0.05, 0) is 48.9 Å². The van der Waals surface area contributed by atoms with Crippen molar-refractivity contribution in [3.05, 3.63) is 66.0 Å². The highest BCUT2D eigenvalue weighted by molar-refractivity contribution is 5.75. The van der Waals surface area contributed by atoms with Crippen LogP contribution in [0.4, 0.5) is 5.82 Å². The van der Waals surface area contributed by atoms with Crippen molar-refractivity contribution in [2.24, 2.45) is 5.73 Å². The Bertz CT molecular complexity index is 1080. The number of nitrogens with two attached hydrogens (primary N) is 1. The van der Waals surface area contributed by atoms with E-state index in [1.54, 1.807) is 43.8 Å². The van der Waals surface area contributed by atoms with E-state index in [1.807, 2.05) is 18.2 Å². The van der Waals surface area contributed by atoms with Crippen molar-refractivity contribution >= 4 is 11.8 Å². The first-order valence-corrected chi connectivity index (χ1v) is 11.0. The van der Waals surface area contributed by atoms with Gasteiger partial charge < -0.3 is 25.6 Å². The van der Waals surface area contributed by atoms with Gasteiger partial charge in [0, 0.05) is 12.1 Å². The summed E-state index contributed by atoms with van der Waals surface area (Å²) in [4.78, 5) is 19.9. The van der Waals surface area contributed by atoms with Crippen LogP contribution in [0.15, 0.2) is 54.9 Å². The number of anilines is 1. The summed E-state index contributed by atoms with van der Waals surface area (Å²) in [5.74, 6) is 1.10. The number of aromatic nitrogens is 2. The Kier molecular flexibility index (Phi) is 7.04. The Hall–Kier alpha value is -3.65. The smallest absolute Gasteiger partial charge is 0.325 e. The van der Waals surface area contributed by atoms with Gasteiger partial charge in [0.25, 0.3) is 0 Å². The maximum Gasteiger partial charge on any atom is 0.325 e. The van der Waals surface area contributed by atoms with Gasteiger partial charge in [0.1, 0.15) is 11.9 Å². The van der Waals surface area contributed by atoms with Gasteiger partial charge in [-0.15, -0.1) is 0 Å². The summed E-state index contributed by atoms with van der Waals surface area (Å²) in [6, 6.07) is 11.9. The van der Waals surface area contributed by atoms with Crippen LogP contribution in [0.25, 0.3) is 11.3 Å². The summed E-state index contributed by atoms with van der Waals surface area (Å²) in [5, 5.41) is 12.3. The maximum absolute atomic E-state index is 11.0. The van der Waals surface area contributed by atoms with Crippen LogP contribution in [0.1, 0.15) is 42.9 Å². The fourth-order valence-corrected chi connectivity index (χ4v) is 3.87. The standard InChI is InChI=1S/C25H28N4O4/c1-32-21-11-6-16(12-22(21)33-19-4-2-3-5-19)13-28-23-15-27-20(14-29-23)17-7-9-18(10-8-17)24(26)25(30)31/h6-12,14-15,19,24H,2-5,13,26H2,1H3,(H,28,29)(H,30,31)/t24-/m0/s1. The first kappa shape index (κ1) is 22.5. The van der Waals surface area contributed by atoms with E-state index in [0.717, 1.165) is 35.5 Å². The molecule has 1 heterocycles. The van der Waals surface area contributed by atoms with E-state index >= 15 is 0 Å². The molecule has 1 atom stereocenters. The van der Waals surface area contributed by atoms with Crippen LogP contribution in [0.2, 0.25) is 0 Å². The SMILES string of the molecule is COc1ccc(CNc2cnc(-c3ccc([C@H](N)C(=O)O)cc3)cn2)cc1OC1CCCC1. The number of hydrogen-bond donors (Lipinski definition) is 3. The van der Waals surface area contributed by atoms with Crippen molar-refractivity contribution in [2.75, 3.05) is 12.4 Å². The van der Waals surface area contributed by atoms with Gasteiger partial charge in [0.15, 0.2) is 11.5 Å². The van der Waals surface area contributed by atoms with E-state index in [1.165, 1.54) is 12.8 Å². The molecule has 0 bridgehead atoms. The predicted octanol–water partition coefficient (Wildman–Crippen LogP) is 4.17. The topological polar surface area (TPSA) is 120 Å². The number of hydrogen-bond acceptors (Lipinski definition) is 7. The quantitative estimate of drug-likeness (QED) is 0.446. The van der Waals surface area contributed by atoms with Gasteiger partial charge in [-0.25, -0.2) is 4.98 Å². The molecule has 0 saturated heterocycles. The molecule has 0 aliphatic heterocycles. The maximum atomic E-state index is 11.0. The lowest BCUT2D eigenvalue weighted by atomic mass is 10.0. The molecular formula is C25H28N4O4. The molecule has 0 amide bonds. The van der Waals surface area contributed by atoms with Crippen molar-refractivity contribution in [1.29, 1.82) is 0 Å². The molecule has 0 spiro atoms. The zero-order valence-corrected chi connectivity index (χ0v) is 18.5. The normalized spacial score (nSPS) is 14.6. The predicted molar refractivity (Wildman–Crippen MR) is 125 cm³/mol. The van der Waals surface area contributed by atoms with Gasteiger partial charge in [0.05, 0.1) is 31.3 Å². The van der Waals surface area contributed by atoms with Crippen molar-refractivity contribution in [3.63, 3.8) is 0 Å². The molecule has 1 saturated carbocycles. The third-order valence-corrected chi connectivity index (χ3v) is 5.78. The Morgan fingerprint density at radius 1 is 1.12 bits per heavy atom. The first-order chi connectivity index (χ1) is 16.0. The third kappa shape index (κ3) is 5.59. The zero-order valence-electron chi connectivity index (χ0n) is 18.5. The zero-order chi connectivity index (χ0) is 23.2. The number of carbonyl (C=O) groups is 1. The lowest BCUT2D eigenvalue weighted by molar-refractivity contribution is -0.138. The summed E-state index contributed by atoms with van der Waals surface area (Å²) >= 11 is 0. The molecular weight excluding hydrogens is 420 g/mol. The lowest BCUT2D eigenvalue weighted by Gasteiger charge is -2.17. The minimum Gasteiger partial charge on any atom is -0.493 e. The minimum atomic E-state index is -1.06. The molecule has 33 heavy (non-hydrogen) atoms. The second kappa shape index (κ2) is 10.3. The van der Waals surface area contributed by atoms with Crippen molar-refractivity contribution in [1.82, 2.24) is 9.97 Å². The Balaban J connectivity index is 1.39. The molecule has 1 aromatic heterocycles. The number of rotatable bonds is 9. The largest absolute Gasteiger partial charge is 0.493 e. The highest BCUT2D eigenvalue weighted by atomic mass is 16.5. The fraction of sp³-hybridized carbons (Fsp3) is 0.320. The van der Waals surface area contributed by atoms with Crippen LogP contribution >= 0.6 is 0 Å². The summed E-state index contributed by atoms with van der Waals surface area (Å²) in [5.41, 5.74) is 8.75. The van der Waals surface area contributed by atoms with Crippen LogP contribution in [0.5, 0.6) is 11.5 Å². The highest BCUT2D eigenvalue weighted by Gasteiger charge is 2.19. The van der Waals surface area contributed by atoms with Crippen molar-refractivity contribution in [2.45, 2.75) is 44.4 Å². The van der Waals surface area contributed by atoms with Crippen LogP contribution in [-0.2, 0) is 11.3 Å².